The Morgan fingerprint density at radius 3 is 3.09 bits per heavy atom. The van der Waals surface area contributed by atoms with Gasteiger partial charge in [0.25, 0.3) is 0 Å². The lowest BCUT2D eigenvalue weighted by atomic mass is 10.1. The number of nitrogens with zero attached hydrogens (tertiary/aromatic N) is 5. The van der Waals surface area contributed by atoms with Crippen LogP contribution in [0.4, 0.5) is 0 Å². The third-order valence-corrected chi connectivity index (χ3v) is 4.90. The molecule has 1 fully saturated rings. The van der Waals surface area contributed by atoms with E-state index in [9.17, 15) is 0 Å². The molecule has 1 aromatic carbocycles. The van der Waals surface area contributed by atoms with E-state index >= 15 is 0 Å². The third kappa shape index (κ3) is 2.94. The second kappa shape index (κ2) is 6.26. The smallest absolute Gasteiger partial charge is 0.137 e. The average molecular weight is 328 g/mol. The second-order valence-electron chi connectivity index (χ2n) is 5.99. The van der Waals surface area contributed by atoms with Gasteiger partial charge in [0.05, 0.1) is 12.1 Å². The molecule has 3 aromatic rings. The van der Waals surface area contributed by atoms with Crippen LogP contribution in [0.3, 0.4) is 0 Å². The molecule has 0 saturated carbocycles. The topological polar surface area (TPSA) is 46.8 Å². The lowest BCUT2D eigenvalue weighted by Gasteiger charge is -2.25. The number of likely N-dealkylation sites (tertiary alicyclic amines) is 1. The van der Waals surface area contributed by atoms with E-state index in [1.54, 1.807) is 12.7 Å². The van der Waals surface area contributed by atoms with Crippen LogP contribution in [0.15, 0.2) is 43.1 Å². The number of benzene rings is 1. The Hall–Kier alpha value is -1.98. The fraction of sp³-hybridized carbons (Fsp3) is 0.353. The van der Waals surface area contributed by atoms with Crippen LogP contribution >= 0.6 is 11.6 Å². The minimum Gasteiger partial charge on any atom is -0.294 e. The van der Waals surface area contributed by atoms with Crippen LogP contribution in [-0.4, -0.2) is 37.2 Å². The molecule has 5 nitrogen and oxygen atoms in total. The summed E-state index contributed by atoms with van der Waals surface area (Å²) in [6.07, 6.45) is 7.58. The highest BCUT2D eigenvalue weighted by molar-refractivity contribution is 6.32. The maximum absolute atomic E-state index is 6.48. The van der Waals surface area contributed by atoms with E-state index in [0.29, 0.717) is 6.04 Å². The van der Waals surface area contributed by atoms with Gasteiger partial charge in [-0.05, 0) is 31.5 Å². The van der Waals surface area contributed by atoms with Crippen LogP contribution in [-0.2, 0) is 13.1 Å². The molecular formula is C17H18ClN5. The standard InChI is InChI=1S/C17H18ClN5/c18-16-6-5-13-3-1-7-20-17(13)15(16)10-22-8-2-4-14(22)9-23-12-19-11-21-23/h1,3,5-7,11-12,14H,2,4,8-10H2/t14-/m0/s1. The maximum Gasteiger partial charge on any atom is 0.137 e. The van der Waals surface area contributed by atoms with Gasteiger partial charge in [-0.3, -0.25) is 14.6 Å². The van der Waals surface area contributed by atoms with Crippen LogP contribution in [0.1, 0.15) is 18.4 Å². The molecular weight excluding hydrogens is 310 g/mol. The normalized spacial score (nSPS) is 18.7. The van der Waals surface area contributed by atoms with Gasteiger partial charge in [-0.25, -0.2) is 4.98 Å². The summed E-state index contributed by atoms with van der Waals surface area (Å²) in [6.45, 7) is 2.78. The fourth-order valence-corrected chi connectivity index (χ4v) is 3.60. The summed E-state index contributed by atoms with van der Waals surface area (Å²) in [4.78, 5) is 11.1. The molecule has 1 saturated heterocycles. The van der Waals surface area contributed by atoms with Gasteiger partial charge < -0.3 is 0 Å². The molecule has 23 heavy (non-hydrogen) atoms. The molecule has 0 unspecified atom stereocenters. The van der Waals surface area contributed by atoms with Crippen molar-refractivity contribution in [1.82, 2.24) is 24.6 Å². The Morgan fingerprint density at radius 1 is 1.26 bits per heavy atom. The lowest BCUT2D eigenvalue weighted by Crippen LogP contribution is -2.32. The predicted molar refractivity (Wildman–Crippen MR) is 90.2 cm³/mol. The summed E-state index contributed by atoms with van der Waals surface area (Å²) in [5, 5.41) is 6.16. The summed E-state index contributed by atoms with van der Waals surface area (Å²) in [7, 11) is 0. The minimum atomic E-state index is 0.465. The van der Waals surface area contributed by atoms with Crippen LogP contribution in [0.5, 0.6) is 0 Å². The summed E-state index contributed by atoms with van der Waals surface area (Å²) in [6, 6.07) is 8.52. The fourth-order valence-electron chi connectivity index (χ4n) is 3.39. The highest BCUT2D eigenvalue weighted by Crippen LogP contribution is 2.29. The van der Waals surface area contributed by atoms with Crippen LogP contribution in [0.25, 0.3) is 10.9 Å². The van der Waals surface area contributed by atoms with Crippen molar-refractivity contribution >= 4 is 22.5 Å². The zero-order valence-electron chi connectivity index (χ0n) is 12.8. The largest absolute Gasteiger partial charge is 0.294 e. The van der Waals surface area contributed by atoms with Crippen LogP contribution < -0.4 is 0 Å². The van der Waals surface area contributed by atoms with E-state index in [1.165, 1.54) is 12.8 Å². The number of fused-ring (bicyclic) bond motifs is 1. The van der Waals surface area contributed by atoms with Gasteiger partial charge >= 0.3 is 0 Å². The van der Waals surface area contributed by atoms with E-state index in [0.717, 1.165) is 41.1 Å². The van der Waals surface area contributed by atoms with Crippen molar-refractivity contribution in [3.8, 4) is 0 Å². The summed E-state index contributed by atoms with van der Waals surface area (Å²) in [5.74, 6) is 0. The Kier molecular flexibility index (Phi) is 3.97. The number of pyridine rings is 1. The summed E-state index contributed by atoms with van der Waals surface area (Å²) >= 11 is 6.48. The van der Waals surface area contributed by atoms with E-state index in [1.807, 2.05) is 29.1 Å². The Balaban J connectivity index is 1.61. The van der Waals surface area contributed by atoms with Crippen molar-refractivity contribution in [3.05, 3.63) is 53.7 Å². The highest BCUT2D eigenvalue weighted by atomic mass is 35.5. The first-order valence-electron chi connectivity index (χ1n) is 7.90. The molecule has 0 N–H and O–H groups in total. The van der Waals surface area contributed by atoms with Gasteiger partial charge in [0, 0.05) is 34.8 Å². The molecule has 0 amide bonds. The first-order valence-corrected chi connectivity index (χ1v) is 8.27. The second-order valence-corrected chi connectivity index (χ2v) is 6.39. The molecule has 4 rings (SSSR count). The Labute approximate surface area is 139 Å². The number of rotatable bonds is 4. The van der Waals surface area contributed by atoms with Crippen molar-refractivity contribution in [2.75, 3.05) is 6.54 Å². The summed E-state index contributed by atoms with van der Waals surface area (Å²) in [5.41, 5.74) is 2.13. The maximum atomic E-state index is 6.48. The third-order valence-electron chi connectivity index (χ3n) is 4.55. The van der Waals surface area contributed by atoms with E-state index < -0.39 is 0 Å². The molecule has 0 radical (unpaired) electrons. The predicted octanol–water partition coefficient (Wildman–Crippen LogP) is 3.14. The van der Waals surface area contributed by atoms with Gasteiger partial charge in [-0.15, -0.1) is 0 Å². The molecule has 6 heteroatoms. The van der Waals surface area contributed by atoms with E-state index in [-0.39, 0.29) is 0 Å². The molecule has 1 atom stereocenters. The van der Waals surface area contributed by atoms with Crippen LogP contribution in [0.2, 0.25) is 5.02 Å². The van der Waals surface area contributed by atoms with Crippen molar-refractivity contribution in [2.24, 2.45) is 0 Å². The van der Waals surface area contributed by atoms with Gasteiger partial charge in [0.2, 0.25) is 0 Å². The first kappa shape index (κ1) is 14.6. The quantitative estimate of drug-likeness (QED) is 0.738. The number of aromatic nitrogens is 4. The van der Waals surface area contributed by atoms with Gasteiger partial charge in [-0.2, -0.15) is 5.10 Å². The van der Waals surface area contributed by atoms with Gasteiger partial charge in [-0.1, -0.05) is 23.7 Å². The molecule has 0 bridgehead atoms. The Bertz CT molecular complexity index is 802. The summed E-state index contributed by atoms with van der Waals surface area (Å²) < 4.78 is 1.91. The number of halogens is 1. The lowest BCUT2D eigenvalue weighted by molar-refractivity contribution is 0.219. The van der Waals surface area contributed by atoms with Gasteiger partial charge in [0.1, 0.15) is 12.7 Å². The molecule has 3 heterocycles. The molecule has 1 aliphatic rings. The molecule has 1 aliphatic heterocycles. The van der Waals surface area contributed by atoms with Crippen LogP contribution in [0, 0.1) is 0 Å². The SMILES string of the molecule is Clc1ccc2cccnc2c1CN1CCC[C@H]1Cn1cncn1. The molecule has 0 spiro atoms. The van der Waals surface area contributed by atoms with Crippen molar-refractivity contribution in [2.45, 2.75) is 32.0 Å². The van der Waals surface area contributed by atoms with Crippen molar-refractivity contribution in [3.63, 3.8) is 0 Å². The zero-order chi connectivity index (χ0) is 15.6. The van der Waals surface area contributed by atoms with Crippen molar-refractivity contribution < 1.29 is 0 Å². The number of hydrogen-bond acceptors (Lipinski definition) is 4. The molecule has 118 valence electrons. The zero-order valence-corrected chi connectivity index (χ0v) is 13.5. The number of hydrogen-bond donors (Lipinski definition) is 0. The first-order chi connectivity index (χ1) is 11.3. The molecule has 0 aliphatic carbocycles. The average Bonchev–Trinajstić information content (AvgIpc) is 3.23. The highest BCUT2D eigenvalue weighted by Gasteiger charge is 2.26. The minimum absolute atomic E-state index is 0.465. The van der Waals surface area contributed by atoms with Gasteiger partial charge in [0.15, 0.2) is 0 Å². The Morgan fingerprint density at radius 2 is 2.22 bits per heavy atom. The van der Waals surface area contributed by atoms with E-state index in [4.69, 9.17) is 11.6 Å². The van der Waals surface area contributed by atoms with E-state index in [2.05, 4.69) is 26.0 Å². The van der Waals surface area contributed by atoms with Crippen molar-refractivity contribution in [1.29, 1.82) is 0 Å². The molecule has 2 aromatic heterocycles. The monoisotopic (exact) mass is 327 g/mol.